The second-order valence-electron chi connectivity index (χ2n) is 6.28. The number of rotatable bonds is 8. The summed E-state index contributed by atoms with van der Waals surface area (Å²) < 4.78 is 5.28. The lowest BCUT2D eigenvalue weighted by atomic mass is 9.85. The molecule has 1 fully saturated rings. The Kier molecular flexibility index (Phi) is 7.72. The Bertz CT molecular complexity index is 337. The fourth-order valence-electron chi connectivity index (χ4n) is 2.99. The topological polar surface area (TPSA) is 75.6 Å². The monoisotopic (exact) mass is 299 g/mol. The first-order valence-corrected chi connectivity index (χ1v) is 8.05. The third-order valence-corrected chi connectivity index (χ3v) is 4.39. The summed E-state index contributed by atoms with van der Waals surface area (Å²) in [5, 5.41) is 12.3. The summed E-state index contributed by atoms with van der Waals surface area (Å²) in [6, 6.07) is 0. The van der Waals surface area contributed by atoms with E-state index in [-0.39, 0.29) is 30.2 Å². The van der Waals surface area contributed by atoms with Crippen LogP contribution in [-0.2, 0) is 14.3 Å². The van der Waals surface area contributed by atoms with Crippen LogP contribution in [0.25, 0.3) is 0 Å². The van der Waals surface area contributed by atoms with Crippen molar-refractivity contribution in [2.24, 2.45) is 23.7 Å². The molecule has 0 saturated carbocycles. The van der Waals surface area contributed by atoms with Crippen molar-refractivity contribution < 1.29 is 19.4 Å². The summed E-state index contributed by atoms with van der Waals surface area (Å²) in [6.07, 6.45) is 3.32. The van der Waals surface area contributed by atoms with Gasteiger partial charge in [-0.05, 0) is 31.1 Å². The predicted octanol–water partition coefficient (Wildman–Crippen LogP) is 2.30. The molecule has 2 N–H and O–H groups in total. The van der Waals surface area contributed by atoms with Crippen LogP contribution in [0.5, 0.6) is 0 Å². The van der Waals surface area contributed by atoms with Gasteiger partial charge in [0.15, 0.2) is 0 Å². The Morgan fingerprint density at radius 2 is 1.90 bits per heavy atom. The van der Waals surface area contributed by atoms with Crippen LogP contribution in [0.1, 0.15) is 46.5 Å². The highest BCUT2D eigenvalue weighted by Crippen LogP contribution is 2.24. The van der Waals surface area contributed by atoms with Gasteiger partial charge in [-0.2, -0.15) is 0 Å². The number of carboxylic acids is 1. The van der Waals surface area contributed by atoms with Crippen molar-refractivity contribution in [2.75, 3.05) is 19.8 Å². The van der Waals surface area contributed by atoms with Gasteiger partial charge in [0.2, 0.25) is 5.91 Å². The van der Waals surface area contributed by atoms with Gasteiger partial charge in [0.25, 0.3) is 0 Å². The third kappa shape index (κ3) is 5.65. The molecular formula is C16H29NO4. The molecule has 1 aliphatic rings. The molecular weight excluding hydrogens is 270 g/mol. The molecule has 0 bridgehead atoms. The third-order valence-electron chi connectivity index (χ3n) is 4.39. The van der Waals surface area contributed by atoms with E-state index in [0.717, 1.165) is 25.7 Å². The van der Waals surface area contributed by atoms with Crippen LogP contribution < -0.4 is 5.32 Å². The summed E-state index contributed by atoms with van der Waals surface area (Å²) in [7, 11) is 0. The highest BCUT2D eigenvalue weighted by Gasteiger charge is 2.31. The van der Waals surface area contributed by atoms with Gasteiger partial charge in [0, 0.05) is 25.7 Å². The molecule has 1 rings (SSSR count). The van der Waals surface area contributed by atoms with E-state index in [2.05, 4.69) is 12.2 Å². The average molecular weight is 299 g/mol. The highest BCUT2D eigenvalue weighted by molar-refractivity contribution is 5.79. The van der Waals surface area contributed by atoms with E-state index < -0.39 is 11.9 Å². The normalized spacial score (nSPS) is 19.2. The molecule has 0 aromatic heterocycles. The number of carbonyl (C=O) groups excluding carboxylic acids is 1. The Morgan fingerprint density at radius 3 is 2.38 bits per heavy atom. The van der Waals surface area contributed by atoms with E-state index >= 15 is 0 Å². The van der Waals surface area contributed by atoms with E-state index in [0.29, 0.717) is 13.2 Å². The zero-order valence-corrected chi connectivity index (χ0v) is 13.4. The Balaban J connectivity index is 2.55. The first-order valence-electron chi connectivity index (χ1n) is 8.05. The SMILES string of the molecule is CCCC(C(=O)NCC(C(=O)O)C1CCOCC1)C(C)C. The van der Waals surface area contributed by atoms with Gasteiger partial charge in [-0.15, -0.1) is 0 Å². The van der Waals surface area contributed by atoms with Crippen molar-refractivity contribution >= 4 is 11.9 Å². The van der Waals surface area contributed by atoms with Gasteiger partial charge >= 0.3 is 5.97 Å². The molecule has 5 heteroatoms. The molecule has 0 radical (unpaired) electrons. The number of ether oxygens (including phenoxy) is 1. The van der Waals surface area contributed by atoms with Gasteiger partial charge in [0.1, 0.15) is 0 Å². The lowest BCUT2D eigenvalue weighted by Gasteiger charge is -2.28. The first kappa shape index (κ1) is 18.0. The predicted molar refractivity (Wildman–Crippen MR) is 80.9 cm³/mol. The van der Waals surface area contributed by atoms with E-state index in [4.69, 9.17) is 4.74 Å². The van der Waals surface area contributed by atoms with E-state index in [1.807, 2.05) is 13.8 Å². The van der Waals surface area contributed by atoms with Crippen LogP contribution in [-0.4, -0.2) is 36.7 Å². The number of nitrogens with one attached hydrogen (secondary N) is 1. The molecule has 1 saturated heterocycles. The maximum Gasteiger partial charge on any atom is 0.308 e. The van der Waals surface area contributed by atoms with Crippen molar-refractivity contribution in [1.82, 2.24) is 5.32 Å². The number of carbonyl (C=O) groups is 2. The van der Waals surface area contributed by atoms with Gasteiger partial charge in [-0.25, -0.2) is 0 Å². The molecule has 1 heterocycles. The zero-order chi connectivity index (χ0) is 15.8. The Morgan fingerprint density at radius 1 is 1.29 bits per heavy atom. The number of carboxylic acid groups (broad SMARTS) is 1. The minimum atomic E-state index is -0.821. The summed E-state index contributed by atoms with van der Waals surface area (Å²) >= 11 is 0. The summed E-state index contributed by atoms with van der Waals surface area (Å²) in [4.78, 5) is 23.7. The molecule has 2 atom stereocenters. The molecule has 0 aromatic rings. The van der Waals surface area contributed by atoms with Crippen molar-refractivity contribution in [3.8, 4) is 0 Å². The molecule has 0 aromatic carbocycles. The number of aliphatic carboxylic acids is 1. The van der Waals surface area contributed by atoms with Crippen LogP contribution in [0, 0.1) is 23.7 Å². The Labute approximate surface area is 127 Å². The molecule has 1 amide bonds. The fourth-order valence-corrected chi connectivity index (χ4v) is 2.99. The van der Waals surface area contributed by atoms with Crippen LogP contribution in [0.2, 0.25) is 0 Å². The first-order chi connectivity index (χ1) is 9.97. The molecule has 1 aliphatic heterocycles. The molecule has 0 spiro atoms. The lowest BCUT2D eigenvalue weighted by molar-refractivity contribution is -0.145. The second-order valence-corrected chi connectivity index (χ2v) is 6.28. The fraction of sp³-hybridized carbons (Fsp3) is 0.875. The van der Waals surface area contributed by atoms with Crippen molar-refractivity contribution in [3.05, 3.63) is 0 Å². The van der Waals surface area contributed by atoms with E-state index in [9.17, 15) is 14.7 Å². The molecule has 122 valence electrons. The minimum absolute atomic E-state index is 0.00911. The van der Waals surface area contributed by atoms with E-state index in [1.165, 1.54) is 0 Å². The molecule has 5 nitrogen and oxygen atoms in total. The van der Waals surface area contributed by atoms with Crippen molar-refractivity contribution in [3.63, 3.8) is 0 Å². The summed E-state index contributed by atoms with van der Waals surface area (Å²) in [5.74, 6) is -0.994. The molecule has 2 unspecified atom stereocenters. The van der Waals surface area contributed by atoms with Gasteiger partial charge in [-0.1, -0.05) is 27.2 Å². The minimum Gasteiger partial charge on any atom is -0.481 e. The summed E-state index contributed by atoms with van der Waals surface area (Å²) in [6.45, 7) is 7.59. The Hall–Kier alpha value is -1.10. The summed E-state index contributed by atoms with van der Waals surface area (Å²) in [5.41, 5.74) is 0. The van der Waals surface area contributed by atoms with Crippen molar-refractivity contribution in [1.29, 1.82) is 0 Å². The maximum absolute atomic E-state index is 12.3. The van der Waals surface area contributed by atoms with Gasteiger partial charge in [0.05, 0.1) is 5.92 Å². The average Bonchev–Trinajstić information content (AvgIpc) is 2.45. The van der Waals surface area contributed by atoms with Crippen LogP contribution in [0.15, 0.2) is 0 Å². The van der Waals surface area contributed by atoms with Crippen LogP contribution in [0.4, 0.5) is 0 Å². The zero-order valence-electron chi connectivity index (χ0n) is 13.4. The quantitative estimate of drug-likeness (QED) is 0.721. The standard InChI is InChI=1S/C16H29NO4/c1-4-5-13(11(2)3)15(18)17-10-14(16(19)20)12-6-8-21-9-7-12/h11-14H,4-10H2,1-3H3,(H,17,18)(H,19,20). The van der Waals surface area contributed by atoms with Crippen LogP contribution in [0.3, 0.4) is 0 Å². The highest BCUT2D eigenvalue weighted by atomic mass is 16.5. The maximum atomic E-state index is 12.3. The smallest absolute Gasteiger partial charge is 0.308 e. The number of hydrogen-bond acceptors (Lipinski definition) is 3. The van der Waals surface area contributed by atoms with Gasteiger partial charge in [-0.3, -0.25) is 9.59 Å². The van der Waals surface area contributed by atoms with Crippen molar-refractivity contribution in [2.45, 2.75) is 46.5 Å². The van der Waals surface area contributed by atoms with Crippen LogP contribution >= 0.6 is 0 Å². The van der Waals surface area contributed by atoms with Gasteiger partial charge < -0.3 is 15.2 Å². The van der Waals surface area contributed by atoms with E-state index in [1.54, 1.807) is 0 Å². The lowest BCUT2D eigenvalue weighted by Crippen LogP contribution is -2.41. The molecule has 0 aliphatic carbocycles. The number of hydrogen-bond donors (Lipinski definition) is 2. The molecule has 21 heavy (non-hydrogen) atoms. The largest absolute Gasteiger partial charge is 0.481 e. The second kappa shape index (κ2) is 9.03. The number of amides is 1.